The molecule has 0 aliphatic heterocycles. The lowest BCUT2D eigenvalue weighted by Gasteiger charge is -2.10. The van der Waals surface area contributed by atoms with Gasteiger partial charge < -0.3 is 15.2 Å². The van der Waals surface area contributed by atoms with Crippen molar-refractivity contribution >= 4 is 28.4 Å². The van der Waals surface area contributed by atoms with Crippen molar-refractivity contribution in [1.29, 1.82) is 0 Å². The maximum absolute atomic E-state index is 5.53. The molecule has 1 rings (SSSR count). The van der Waals surface area contributed by atoms with E-state index in [4.69, 9.17) is 15.2 Å². The SMILES string of the molecule is COC(OC)c1[nH]nc(N)c1I. The number of methoxy groups -OCH3 is 2. The Bertz CT molecular complexity index is 259. The number of hydrogen-bond donors (Lipinski definition) is 2. The number of halogens is 1. The number of nitrogens with zero attached hydrogens (tertiary/aromatic N) is 1. The Hall–Kier alpha value is -0.340. The third-order valence-corrected chi connectivity index (χ3v) is 2.56. The van der Waals surface area contributed by atoms with Gasteiger partial charge in [-0.15, -0.1) is 0 Å². The Morgan fingerprint density at radius 1 is 1.50 bits per heavy atom. The fraction of sp³-hybridized carbons (Fsp3) is 0.500. The minimum Gasteiger partial charge on any atom is -0.381 e. The molecule has 12 heavy (non-hydrogen) atoms. The van der Waals surface area contributed by atoms with Crippen molar-refractivity contribution in [2.24, 2.45) is 0 Å². The highest BCUT2D eigenvalue weighted by Gasteiger charge is 2.17. The minimum atomic E-state index is -0.429. The topological polar surface area (TPSA) is 73.2 Å². The Labute approximate surface area is 83.8 Å². The molecule has 1 aromatic rings. The molecular weight excluding hydrogens is 273 g/mol. The van der Waals surface area contributed by atoms with Crippen LogP contribution in [0.2, 0.25) is 0 Å². The zero-order valence-electron chi connectivity index (χ0n) is 6.80. The van der Waals surface area contributed by atoms with Crippen molar-refractivity contribution in [3.8, 4) is 0 Å². The number of anilines is 1. The van der Waals surface area contributed by atoms with E-state index in [1.807, 2.05) is 0 Å². The van der Waals surface area contributed by atoms with E-state index in [9.17, 15) is 0 Å². The summed E-state index contributed by atoms with van der Waals surface area (Å²) in [5, 5.41) is 6.56. The van der Waals surface area contributed by atoms with E-state index >= 15 is 0 Å². The highest BCUT2D eigenvalue weighted by molar-refractivity contribution is 14.1. The summed E-state index contributed by atoms with van der Waals surface area (Å²) >= 11 is 2.08. The molecule has 0 aromatic carbocycles. The first-order valence-electron chi connectivity index (χ1n) is 3.25. The first-order valence-corrected chi connectivity index (χ1v) is 4.33. The molecule has 0 saturated carbocycles. The van der Waals surface area contributed by atoms with Crippen molar-refractivity contribution in [3.05, 3.63) is 9.26 Å². The lowest BCUT2D eigenvalue weighted by Crippen LogP contribution is -2.05. The van der Waals surface area contributed by atoms with Gasteiger partial charge in [-0.1, -0.05) is 0 Å². The van der Waals surface area contributed by atoms with Crippen LogP contribution in [0.3, 0.4) is 0 Å². The van der Waals surface area contributed by atoms with Gasteiger partial charge in [-0.25, -0.2) is 0 Å². The Kier molecular flexibility index (Phi) is 3.29. The lowest BCUT2D eigenvalue weighted by molar-refractivity contribution is -0.109. The van der Waals surface area contributed by atoms with Crippen LogP contribution in [0.25, 0.3) is 0 Å². The molecule has 0 unspecified atom stereocenters. The fourth-order valence-electron chi connectivity index (χ4n) is 0.845. The van der Waals surface area contributed by atoms with Gasteiger partial charge >= 0.3 is 0 Å². The normalized spacial score (nSPS) is 11.0. The molecule has 1 aromatic heterocycles. The van der Waals surface area contributed by atoms with Crippen molar-refractivity contribution in [2.75, 3.05) is 20.0 Å². The van der Waals surface area contributed by atoms with Gasteiger partial charge in [-0.3, -0.25) is 5.10 Å². The molecule has 0 spiro atoms. The molecule has 1 heterocycles. The van der Waals surface area contributed by atoms with E-state index in [0.29, 0.717) is 5.82 Å². The Morgan fingerprint density at radius 2 is 2.08 bits per heavy atom. The number of rotatable bonds is 3. The summed E-state index contributed by atoms with van der Waals surface area (Å²) in [5.74, 6) is 0.463. The predicted octanol–water partition coefficient (Wildman–Crippen LogP) is 0.888. The number of nitrogens with one attached hydrogen (secondary N) is 1. The second-order valence-corrected chi connectivity index (χ2v) is 3.22. The summed E-state index contributed by atoms with van der Waals surface area (Å²) in [6.45, 7) is 0. The van der Waals surface area contributed by atoms with Gasteiger partial charge in [-0.05, 0) is 22.6 Å². The third kappa shape index (κ3) is 1.70. The molecule has 0 aliphatic carbocycles. The lowest BCUT2D eigenvalue weighted by atomic mass is 10.4. The van der Waals surface area contributed by atoms with E-state index in [1.54, 1.807) is 14.2 Å². The molecule has 5 nitrogen and oxygen atoms in total. The van der Waals surface area contributed by atoms with Crippen LogP contribution in [0.4, 0.5) is 5.82 Å². The highest BCUT2D eigenvalue weighted by Crippen LogP contribution is 2.24. The maximum Gasteiger partial charge on any atom is 0.201 e. The van der Waals surface area contributed by atoms with Crippen LogP contribution in [0, 0.1) is 3.57 Å². The summed E-state index contributed by atoms with van der Waals surface area (Å²) in [4.78, 5) is 0. The summed E-state index contributed by atoms with van der Waals surface area (Å²) in [7, 11) is 3.11. The van der Waals surface area contributed by atoms with Gasteiger partial charge in [0, 0.05) is 14.2 Å². The molecule has 3 N–H and O–H groups in total. The average Bonchev–Trinajstić information content (AvgIpc) is 2.38. The standard InChI is InChI=1S/C6H10IN3O2/c1-11-6(12-2)4-3(7)5(8)10-9-4/h6H,1-2H3,(H3,8,9,10). The van der Waals surface area contributed by atoms with E-state index in [1.165, 1.54) is 0 Å². The van der Waals surface area contributed by atoms with Crippen molar-refractivity contribution in [1.82, 2.24) is 10.2 Å². The van der Waals surface area contributed by atoms with Gasteiger partial charge in [0.25, 0.3) is 0 Å². The highest BCUT2D eigenvalue weighted by atomic mass is 127. The van der Waals surface area contributed by atoms with Gasteiger partial charge in [-0.2, -0.15) is 5.10 Å². The molecule has 0 radical (unpaired) electrons. The van der Waals surface area contributed by atoms with Crippen molar-refractivity contribution < 1.29 is 9.47 Å². The smallest absolute Gasteiger partial charge is 0.201 e. The first-order chi connectivity index (χ1) is 5.70. The third-order valence-electron chi connectivity index (χ3n) is 1.42. The number of H-pyrrole nitrogens is 1. The van der Waals surface area contributed by atoms with Gasteiger partial charge in [0.05, 0.1) is 3.57 Å². The van der Waals surface area contributed by atoms with Crippen LogP contribution >= 0.6 is 22.6 Å². The zero-order valence-corrected chi connectivity index (χ0v) is 8.95. The van der Waals surface area contributed by atoms with Crippen LogP contribution in [0.15, 0.2) is 0 Å². The van der Waals surface area contributed by atoms with Gasteiger partial charge in [0.1, 0.15) is 5.69 Å². The van der Waals surface area contributed by atoms with Crippen LogP contribution in [-0.4, -0.2) is 24.4 Å². The van der Waals surface area contributed by atoms with Crippen LogP contribution in [0.5, 0.6) is 0 Å². The van der Waals surface area contributed by atoms with Crippen molar-refractivity contribution in [3.63, 3.8) is 0 Å². The number of ether oxygens (including phenoxy) is 2. The largest absolute Gasteiger partial charge is 0.381 e. The maximum atomic E-state index is 5.53. The Balaban J connectivity index is 2.93. The number of hydrogen-bond acceptors (Lipinski definition) is 4. The first kappa shape index (κ1) is 9.75. The zero-order chi connectivity index (χ0) is 9.14. The summed E-state index contributed by atoms with van der Waals surface area (Å²) in [6, 6.07) is 0. The van der Waals surface area contributed by atoms with Crippen LogP contribution < -0.4 is 5.73 Å². The number of aromatic nitrogens is 2. The molecule has 0 atom stereocenters. The number of aromatic amines is 1. The molecule has 0 fully saturated rings. The molecule has 0 aliphatic rings. The Morgan fingerprint density at radius 3 is 2.42 bits per heavy atom. The van der Waals surface area contributed by atoms with Crippen LogP contribution in [-0.2, 0) is 9.47 Å². The molecule has 0 bridgehead atoms. The van der Waals surface area contributed by atoms with Crippen molar-refractivity contribution in [2.45, 2.75) is 6.29 Å². The van der Waals surface area contributed by atoms with E-state index in [2.05, 4.69) is 32.8 Å². The second-order valence-electron chi connectivity index (χ2n) is 2.14. The van der Waals surface area contributed by atoms with Gasteiger partial charge in [0.2, 0.25) is 6.29 Å². The monoisotopic (exact) mass is 283 g/mol. The predicted molar refractivity (Wildman–Crippen MR) is 52.5 cm³/mol. The fourth-order valence-corrected chi connectivity index (χ4v) is 1.34. The van der Waals surface area contributed by atoms with E-state index in [-0.39, 0.29) is 0 Å². The minimum absolute atomic E-state index is 0.429. The molecule has 0 amide bonds. The van der Waals surface area contributed by atoms with Gasteiger partial charge in [0.15, 0.2) is 5.82 Å². The average molecular weight is 283 g/mol. The molecule has 6 heteroatoms. The number of nitrogen functional groups attached to an aromatic ring is 1. The summed E-state index contributed by atoms with van der Waals surface area (Å²) in [6.07, 6.45) is -0.429. The summed E-state index contributed by atoms with van der Waals surface area (Å²) in [5.41, 5.74) is 6.28. The summed E-state index contributed by atoms with van der Waals surface area (Å²) < 4.78 is 10.9. The second kappa shape index (κ2) is 4.06. The molecular formula is C6H10IN3O2. The quantitative estimate of drug-likeness (QED) is 0.638. The number of nitrogens with two attached hydrogens (primary N) is 1. The van der Waals surface area contributed by atoms with E-state index in [0.717, 1.165) is 9.26 Å². The van der Waals surface area contributed by atoms with E-state index < -0.39 is 6.29 Å². The molecule has 68 valence electrons. The van der Waals surface area contributed by atoms with Crippen LogP contribution in [0.1, 0.15) is 12.0 Å². The molecule has 0 saturated heterocycles.